The van der Waals surface area contributed by atoms with E-state index in [2.05, 4.69) is 36.6 Å². The average molecular weight is 276 g/mol. The second-order valence-electron chi connectivity index (χ2n) is 4.27. The Kier molecular flexibility index (Phi) is 4.29. The summed E-state index contributed by atoms with van der Waals surface area (Å²) in [5, 5.41) is 0. The lowest BCUT2D eigenvalue weighted by Gasteiger charge is -2.01. The summed E-state index contributed by atoms with van der Waals surface area (Å²) in [5.41, 5.74) is 4.31. The number of benzene rings is 1. The van der Waals surface area contributed by atoms with Gasteiger partial charge in [-0.05, 0) is 32.0 Å². The zero-order chi connectivity index (χ0) is 13.8. The first-order valence-electron chi connectivity index (χ1n) is 5.90. The maximum Gasteiger partial charge on any atom is 0.300 e. The van der Waals surface area contributed by atoms with E-state index in [1.165, 1.54) is 10.5 Å². The first-order valence-corrected chi connectivity index (χ1v) is 6.88. The summed E-state index contributed by atoms with van der Waals surface area (Å²) in [6, 6.07) is 10.1. The molecule has 3 N–H and O–H groups in total. The Labute approximate surface area is 116 Å². The molecule has 2 aromatic rings. The van der Waals surface area contributed by atoms with Crippen LogP contribution in [-0.4, -0.2) is 5.91 Å². The van der Waals surface area contributed by atoms with E-state index in [0.29, 0.717) is 0 Å². The molecule has 2 rings (SSSR count). The van der Waals surface area contributed by atoms with E-state index in [-0.39, 0.29) is 5.76 Å². The van der Waals surface area contributed by atoms with Gasteiger partial charge in [0.25, 0.3) is 0 Å². The summed E-state index contributed by atoms with van der Waals surface area (Å²) < 4.78 is 5.37. The van der Waals surface area contributed by atoms with Gasteiger partial charge in [0.2, 0.25) is 0 Å². The summed E-state index contributed by atoms with van der Waals surface area (Å²) in [6.45, 7) is 3.91. The molecule has 0 unspecified atom stereocenters. The molecule has 0 saturated heterocycles. The molecule has 1 heterocycles. The number of nitrogens with one attached hydrogen (secondary N) is 1. The second-order valence-corrected chi connectivity index (χ2v) is 5.32. The Hall–Kier alpha value is -1.72. The summed E-state index contributed by atoms with van der Waals surface area (Å²) >= 11 is 1.71. The first kappa shape index (κ1) is 13.7. The summed E-state index contributed by atoms with van der Waals surface area (Å²) in [7, 11) is 0. The summed E-state index contributed by atoms with van der Waals surface area (Å²) in [4.78, 5) is 12.5. The van der Waals surface area contributed by atoms with Crippen molar-refractivity contribution in [2.45, 2.75) is 24.5 Å². The lowest BCUT2D eigenvalue weighted by molar-refractivity contribution is 0.0924. The van der Waals surface area contributed by atoms with Gasteiger partial charge in [-0.3, -0.25) is 10.2 Å². The van der Waals surface area contributed by atoms with Crippen molar-refractivity contribution in [3.8, 4) is 0 Å². The lowest BCUT2D eigenvalue weighted by atomic mass is 10.2. The van der Waals surface area contributed by atoms with E-state index in [1.54, 1.807) is 17.8 Å². The molecule has 0 aliphatic rings. The normalized spacial score (nSPS) is 10.5. The molecule has 100 valence electrons. The molecule has 1 amide bonds. The van der Waals surface area contributed by atoms with E-state index < -0.39 is 5.91 Å². The molecular weight excluding hydrogens is 260 g/mol. The number of hydrazine groups is 1. The highest BCUT2D eigenvalue weighted by molar-refractivity contribution is 7.98. The summed E-state index contributed by atoms with van der Waals surface area (Å²) in [5.74, 6) is 6.43. The number of amides is 1. The van der Waals surface area contributed by atoms with Gasteiger partial charge in [-0.15, -0.1) is 11.8 Å². The van der Waals surface area contributed by atoms with Crippen molar-refractivity contribution in [2.75, 3.05) is 0 Å². The molecule has 0 saturated carbocycles. The van der Waals surface area contributed by atoms with E-state index in [0.717, 1.165) is 17.1 Å². The zero-order valence-electron chi connectivity index (χ0n) is 10.9. The molecular formula is C14H16N2O2S. The van der Waals surface area contributed by atoms with Crippen molar-refractivity contribution in [1.29, 1.82) is 0 Å². The minimum Gasteiger partial charge on any atom is -0.456 e. The van der Waals surface area contributed by atoms with Crippen LogP contribution >= 0.6 is 11.8 Å². The number of carbonyl (C=O) groups excluding carboxylic acids is 1. The molecule has 1 aromatic carbocycles. The summed E-state index contributed by atoms with van der Waals surface area (Å²) in [6.07, 6.45) is 0. The number of nitrogens with two attached hydrogens (primary N) is 1. The third-order valence-corrected chi connectivity index (χ3v) is 3.85. The third-order valence-electron chi connectivity index (χ3n) is 2.79. The molecule has 0 radical (unpaired) electrons. The van der Waals surface area contributed by atoms with Gasteiger partial charge in [0.05, 0.1) is 0 Å². The van der Waals surface area contributed by atoms with Crippen molar-refractivity contribution in [3.63, 3.8) is 0 Å². The Morgan fingerprint density at radius 3 is 2.63 bits per heavy atom. The van der Waals surface area contributed by atoms with Crippen LogP contribution in [0, 0.1) is 13.8 Å². The molecule has 1 aromatic heterocycles. The van der Waals surface area contributed by atoms with Crippen LogP contribution in [0.4, 0.5) is 0 Å². The predicted molar refractivity (Wildman–Crippen MR) is 75.8 cm³/mol. The SMILES string of the molecule is Cc1ccc(SCc2cc(C(=O)NN)oc2C)cc1. The highest BCUT2D eigenvalue weighted by atomic mass is 32.2. The standard InChI is InChI=1S/C14H16N2O2S/c1-9-3-5-12(6-4-9)19-8-11-7-13(14(17)16-15)18-10(11)2/h3-7H,8,15H2,1-2H3,(H,16,17). The quantitative estimate of drug-likeness (QED) is 0.390. The third kappa shape index (κ3) is 3.39. The van der Waals surface area contributed by atoms with Crippen LogP contribution in [0.15, 0.2) is 39.6 Å². The van der Waals surface area contributed by atoms with Gasteiger partial charge in [0, 0.05) is 16.2 Å². The maximum atomic E-state index is 11.4. The zero-order valence-corrected chi connectivity index (χ0v) is 11.7. The monoisotopic (exact) mass is 276 g/mol. The minimum absolute atomic E-state index is 0.250. The maximum absolute atomic E-state index is 11.4. The minimum atomic E-state index is -0.408. The van der Waals surface area contributed by atoms with Gasteiger partial charge in [0.15, 0.2) is 5.76 Å². The van der Waals surface area contributed by atoms with Crippen LogP contribution < -0.4 is 11.3 Å². The van der Waals surface area contributed by atoms with E-state index >= 15 is 0 Å². The van der Waals surface area contributed by atoms with Gasteiger partial charge in [0.1, 0.15) is 5.76 Å². The fraction of sp³-hybridized carbons (Fsp3) is 0.214. The largest absolute Gasteiger partial charge is 0.456 e. The van der Waals surface area contributed by atoms with Crippen LogP contribution in [-0.2, 0) is 5.75 Å². The number of furan rings is 1. The fourth-order valence-electron chi connectivity index (χ4n) is 1.64. The number of nitrogen functional groups attached to an aromatic ring is 1. The van der Waals surface area contributed by atoms with Crippen molar-refractivity contribution in [1.82, 2.24) is 5.43 Å². The second kappa shape index (κ2) is 5.95. The van der Waals surface area contributed by atoms with Crippen LogP contribution in [0.5, 0.6) is 0 Å². The van der Waals surface area contributed by atoms with E-state index in [9.17, 15) is 4.79 Å². The molecule has 0 aliphatic heterocycles. The smallest absolute Gasteiger partial charge is 0.300 e. The Morgan fingerprint density at radius 1 is 1.32 bits per heavy atom. The van der Waals surface area contributed by atoms with Crippen LogP contribution in [0.1, 0.15) is 27.4 Å². The number of aryl methyl sites for hydroxylation is 2. The molecule has 0 bridgehead atoms. The van der Waals surface area contributed by atoms with Gasteiger partial charge < -0.3 is 4.42 Å². The van der Waals surface area contributed by atoms with Crippen LogP contribution in [0.25, 0.3) is 0 Å². The molecule has 0 atom stereocenters. The molecule has 0 fully saturated rings. The number of hydrogen-bond acceptors (Lipinski definition) is 4. The lowest BCUT2D eigenvalue weighted by Crippen LogP contribution is -2.29. The number of carbonyl (C=O) groups is 1. The highest BCUT2D eigenvalue weighted by Gasteiger charge is 2.13. The van der Waals surface area contributed by atoms with Gasteiger partial charge in [-0.2, -0.15) is 0 Å². The van der Waals surface area contributed by atoms with Gasteiger partial charge >= 0.3 is 5.91 Å². The first-order chi connectivity index (χ1) is 9.10. The molecule has 19 heavy (non-hydrogen) atoms. The topological polar surface area (TPSA) is 68.3 Å². The number of thioether (sulfide) groups is 1. The van der Waals surface area contributed by atoms with Crippen molar-refractivity contribution >= 4 is 17.7 Å². The van der Waals surface area contributed by atoms with E-state index in [4.69, 9.17) is 10.3 Å². The Balaban J connectivity index is 2.05. The van der Waals surface area contributed by atoms with Crippen molar-refractivity contribution < 1.29 is 9.21 Å². The Bertz CT molecular complexity index is 576. The average Bonchev–Trinajstić information content (AvgIpc) is 2.79. The van der Waals surface area contributed by atoms with Gasteiger partial charge in [-0.1, -0.05) is 17.7 Å². The molecule has 4 nitrogen and oxygen atoms in total. The van der Waals surface area contributed by atoms with Crippen LogP contribution in [0.2, 0.25) is 0 Å². The number of rotatable bonds is 4. The van der Waals surface area contributed by atoms with Crippen molar-refractivity contribution in [2.24, 2.45) is 5.84 Å². The fourth-order valence-corrected chi connectivity index (χ4v) is 2.58. The van der Waals surface area contributed by atoms with Crippen LogP contribution in [0.3, 0.4) is 0 Å². The molecule has 0 spiro atoms. The highest BCUT2D eigenvalue weighted by Crippen LogP contribution is 2.26. The number of hydrogen-bond donors (Lipinski definition) is 2. The van der Waals surface area contributed by atoms with E-state index in [1.807, 2.05) is 6.92 Å². The molecule has 5 heteroatoms. The van der Waals surface area contributed by atoms with Gasteiger partial charge in [-0.25, -0.2) is 5.84 Å². The predicted octanol–water partition coefficient (Wildman–Crippen LogP) is 2.79. The Morgan fingerprint density at radius 2 is 2.00 bits per heavy atom. The molecule has 0 aliphatic carbocycles. The van der Waals surface area contributed by atoms with Crippen molar-refractivity contribution in [3.05, 3.63) is 53.0 Å².